The molecular weight excluding hydrogens is 532 g/mol. The van der Waals surface area contributed by atoms with Gasteiger partial charge in [0.05, 0.1) is 19.6 Å². The predicted molar refractivity (Wildman–Crippen MR) is 151 cm³/mol. The Bertz CT molecular complexity index is 1470. The number of hydrogen-bond acceptors (Lipinski definition) is 8. The van der Waals surface area contributed by atoms with Crippen LogP contribution in [-0.4, -0.2) is 26.3 Å². The highest BCUT2D eigenvalue weighted by Crippen LogP contribution is 2.45. The molecule has 0 radical (unpaired) electrons. The van der Waals surface area contributed by atoms with Crippen molar-refractivity contribution in [1.29, 1.82) is 5.26 Å². The normalized spacial score (nSPS) is 14.1. The summed E-state index contributed by atoms with van der Waals surface area (Å²) in [4.78, 5) is 12.5. The van der Waals surface area contributed by atoms with E-state index in [0.717, 1.165) is 29.5 Å². The number of carbonyl (C=O) groups excluding carboxylic acids is 1. The fraction of sp³-hybridized carbons (Fsp3) is 0.290. The minimum absolute atomic E-state index is 0.0254. The quantitative estimate of drug-likeness (QED) is 0.173. The summed E-state index contributed by atoms with van der Waals surface area (Å²) in [5.74, 6) is 1.18. The first-order chi connectivity index (χ1) is 19.2. The number of unbranched alkanes of at least 4 members (excludes halogenated alkanes) is 1. The molecule has 0 fully saturated rings. The van der Waals surface area contributed by atoms with Crippen LogP contribution >= 0.6 is 11.6 Å². The predicted octanol–water partition coefficient (Wildman–Crippen LogP) is 6.35. The van der Waals surface area contributed by atoms with Crippen molar-refractivity contribution in [2.75, 3.05) is 20.3 Å². The van der Waals surface area contributed by atoms with E-state index in [1.165, 1.54) is 0 Å². The molecule has 3 aromatic rings. The van der Waals surface area contributed by atoms with Crippen LogP contribution in [0.5, 0.6) is 28.7 Å². The van der Waals surface area contributed by atoms with E-state index >= 15 is 0 Å². The van der Waals surface area contributed by atoms with Crippen LogP contribution in [0.2, 0.25) is 5.02 Å². The lowest BCUT2D eigenvalue weighted by atomic mass is 9.83. The third-order valence-electron chi connectivity index (χ3n) is 6.47. The molecular formula is C31H31ClN2O6. The van der Waals surface area contributed by atoms with E-state index in [0.29, 0.717) is 40.2 Å². The Kier molecular flexibility index (Phi) is 9.08. The lowest BCUT2D eigenvalue weighted by Gasteiger charge is -2.27. The molecule has 0 bridgehead atoms. The molecule has 3 aromatic carbocycles. The van der Waals surface area contributed by atoms with Crippen molar-refractivity contribution in [3.05, 3.63) is 87.3 Å². The van der Waals surface area contributed by atoms with E-state index in [2.05, 4.69) is 13.0 Å². The molecule has 1 unspecified atom stereocenters. The Balaban J connectivity index is 1.55. The molecule has 0 aromatic heterocycles. The summed E-state index contributed by atoms with van der Waals surface area (Å²) in [6.45, 7) is 6.10. The van der Waals surface area contributed by atoms with E-state index < -0.39 is 11.9 Å². The molecule has 1 atom stereocenters. The molecule has 0 spiro atoms. The number of nitrogens with zero attached hydrogens (tertiary/aromatic N) is 1. The number of halogens is 1. The standard InChI is InChI=1S/C31H31ClN2O6/c1-5-6-11-37-25-10-7-20(14-27(25)36-4)29-23-9-8-21(15-26(23)40-31(34)24(29)16-33)39-28(35)17-38-22-12-18(2)30(32)19(3)13-22/h7-10,12-15,29H,5-6,11,17,34H2,1-4H3. The number of nitriles is 1. The van der Waals surface area contributed by atoms with Gasteiger partial charge in [-0.15, -0.1) is 0 Å². The third-order valence-corrected chi connectivity index (χ3v) is 7.06. The van der Waals surface area contributed by atoms with Crippen molar-refractivity contribution >= 4 is 17.6 Å². The molecule has 0 aliphatic carbocycles. The van der Waals surface area contributed by atoms with Gasteiger partial charge < -0.3 is 29.4 Å². The number of carbonyl (C=O) groups is 1. The first-order valence-electron chi connectivity index (χ1n) is 12.9. The smallest absolute Gasteiger partial charge is 0.349 e. The number of esters is 1. The lowest BCUT2D eigenvalue weighted by Crippen LogP contribution is -2.22. The molecule has 0 saturated heterocycles. The van der Waals surface area contributed by atoms with Crippen LogP contribution in [0.25, 0.3) is 0 Å². The molecule has 0 amide bonds. The molecule has 1 aliphatic rings. The summed E-state index contributed by atoms with van der Waals surface area (Å²) >= 11 is 6.20. The SMILES string of the molecule is CCCCOc1ccc(C2C(C#N)=C(N)Oc3cc(OC(=O)COc4cc(C)c(Cl)c(C)c4)ccc32)cc1OC. The second-order valence-corrected chi connectivity index (χ2v) is 9.75. The van der Waals surface area contributed by atoms with Crippen LogP contribution in [0.3, 0.4) is 0 Å². The monoisotopic (exact) mass is 562 g/mol. The van der Waals surface area contributed by atoms with Gasteiger partial charge in [0.15, 0.2) is 18.1 Å². The Morgan fingerprint density at radius 3 is 2.48 bits per heavy atom. The average Bonchev–Trinajstić information content (AvgIpc) is 2.94. The molecule has 8 nitrogen and oxygen atoms in total. The number of fused-ring (bicyclic) bond motifs is 1. The van der Waals surface area contributed by atoms with Crippen LogP contribution in [0.4, 0.5) is 0 Å². The zero-order chi connectivity index (χ0) is 28.8. The second kappa shape index (κ2) is 12.7. The minimum Gasteiger partial charge on any atom is -0.493 e. The molecule has 208 valence electrons. The summed E-state index contributed by atoms with van der Waals surface area (Å²) < 4.78 is 28.3. The van der Waals surface area contributed by atoms with Crippen LogP contribution in [0.15, 0.2) is 60.0 Å². The Hall–Kier alpha value is -4.35. The minimum atomic E-state index is -0.595. The maximum Gasteiger partial charge on any atom is 0.349 e. The van der Waals surface area contributed by atoms with Crippen molar-refractivity contribution in [3.63, 3.8) is 0 Å². The first-order valence-corrected chi connectivity index (χ1v) is 13.3. The molecule has 9 heteroatoms. The van der Waals surface area contributed by atoms with Gasteiger partial charge in [-0.05, 0) is 67.3 Å². The highest BCUT2D eigenvalue weighted by molar-refractivity contribution is 6.32. The van der Waals surface area contributed by atoms with Crippen molar-refractivity contribution in [2.24, 2.45) is 5.73 Å². The zero-order valence-electron chi connectivity index (χ0n) is 22.9. The Morgan fingerprint density at radius 1 is 1.05 bits per heavy atom. The first kappa shape index (κ1) is 28.7. The Morgan fingerprint density at radius 2 is 1.80 bits per heavy atom. The highest BCUT2D eigenvalue weighted by Gasteiger charge is 2.32. The molecule has 0 saturated carbocycles. The average molecular weight is 563 g/mol. The van der Waals surface area contributed by atoms with E-state index in [1.807, 2.05) is 32.0 Å². The van der Waals surface area contributed by atoms with Crippen molar-refractivity contribution in [1.82, 2.24) is 0 Å². The summed E-state index contributed by atoms with van der Waals surface area (Å²) in [6.07, 6.45) is 1.94. The molecule has 2 N–H and O–H groups in total. The molecule has 4 rings (SSSR count). The number of methoxy groups -OCH3 is 1. The molecule has 40 heavy (non-hydrogen) atoms. The van der Waals surface area contributed by atoms with Gasteiger partial charge in [0.1, 0.15) is 28.9 Å². The number of allylic oxidation sites excluding steroid dienone is 1. The van der Waals surface area contributed by atoms with Crippen molar-refractivity contribution in [3.8, 4) is 34.8 Å². The van der Waals surface area contributed by atoms with Gasteiger partial charge in [-0.1, -0.05) is 37.1 Å². The van der Waals surface area contributed by atoms with Crippen molar-refractivity contribution < 1.29 is 28.5 Å². The van der Waals surface area contributed by atoms with Crippen LogP contribution < -0.4 is 29.4 Å². The van der Waals surface area contributed by atoms with Crippen LogP contribution in [0, 0.1) is 25.2 Å². The van der Waals surface area contributed by atoms with E-state index in [1.54, 1.807) is 37.4 Å². The van der Waals surface area contributed by atoms with Crippen LogP contribution in [-0.2, 0) is 4.79 Å². The summed E-state index contributed by atoms with van der Waals surface area (Å²) in [7, 11) is 1.57. The summed E-state index contributed by atoms with van der Waals surface area (Å²) in [6, 6.07) is 16.2. The van der Waals surface area contributed by atoms with E-state index in [4.69, 9.17) is 41.0 Å². The lowest BCUT2D eigenvalue weighted by molar-refractivity contribution is -0.136. The topological polar surface area (TPSA) is 113 Å². The Labute approximate surface area is 238 Å². The third kappa shape index (κ3) is 6.27. The van der Waals surface area contributed by atoms with E-state index in [-0.39, 0.29) is 23.8 Å². The number of nitrogens with two attached hydrogens (primary N) is 1. The van der Waals surface area contributed by atoms with Gasteiger partial charge in [0, 0.05) is 16.7 Å². The maximum absolute atomic E-state index is 12.5. The largest absolute Gasteiger partial charge is 0.493 e. The second-order valence-electron chi connectivity index (χ2n) is 9.37. The van der Waals surface area contributed by atoms with E-state index in [9.17, 15) is 10.1 Å². The number of ether oxygens (including phenoxy) is 5. The molecule has 1 aliphatic heterocycles. The number of aryl methyl sites for hydroxylation is 2. The summed E-state index contributed by atoms with van der Waals surface area (Å²) in [5.41, 5.74) is 9.59. The van der Waals surface area contributed by atoms with Gasteiger partial charge >= 0.3 is 5.97 Å². The van der Waals surface area contributed by atoms with Gasteiger partial charge in [0.2, 0.25) is 5.88 Å². The van der Waals surface area contributed by atoms with Gasteiger partial charge in [-0.25, -0.2) is 4.79 Å². The zero-order valence-corrected chi connectivity index (χ0v) is 23.6. The van der Waals surface area contributed by atoms with Crippen LogP contribution in [0.1, 0.15) is 47.9 Å². The fourth-order valence-electron chi connectivity index (χ4n) is 4.44. The highest BCUT2D eigenvalue weighted by atomic mass is 35.5. The number of rotatable bonds is 10. The number of benzene rings is 3. The fourth-order valence-corrected chi connectivity index (χ4v) is 4.55. The number of hydrogen-bond donors (Lipinski definition) is 1. The van der Waals surface area contributed by atoms with Gasteiger partial charge in [0.25, 0.3) is 0 Å². The van der Waals surface area contributed by atoms with Gasteiger partial charge in [-0.2, -0.15) is 5.26 Å². The van der Waals surface area contributed by atoms with Crippen molar-refractivity contribution in [2.45, 2.75) is 39.5 Å². The molecule has 1 heterocycles. The maximum atomic E-state index is 12.5. The van der Waals surface area contributed by atoms with Gasteiger partial charge in [-0.3, -0.25) is 0 Å². The summed E-state index contributed by atoms with van der Waals surface area (Å²) in [5, 5.41) is 10.6.